The van der Waals surface area contributed by atoms with Crippen molar-refractivity contribution in [1.82, 2.24) is 10.6 Å². The molecule has 2 amide bonds. The number of Topliss-reactive ketones (excluding diaryl/α,β-unsaturated/α-hetero) is 1. The molecule has 0 spiro atoms. The second kappa shape index (κ2) is 6.99. The molecule has 2 heterocycles. The van der Waals surface area contributed by atoms with Gasteiger partial charge in [-0.2, -0.15) is 13.2 Å². The van der Waals surface area contributed by atoms with E-state index in [0.29, 0.717) is 0 Å². The van der Waals surface area contributed by atoms with E-state index in [1.54, 1.807) is 0 Å². The fraction of sp³-hybridized carbons (Fsp3) is 0.294. The number of nitrogens with one attached hydrogen (secondary N) is 2. The van der Waals surface area contributed by atoms with Crippen LogP contribution in [0.1, 0.15) is 21.3 Å². The third-order valence-corrected chi connectivity index (χ3v) is 5.30. The number of ether oxygens (including phenoxy) is 1. The topological polar surface area (TPSA) is 108 Å². The predicted molar refractivity (Wildman–Crippen MR) is 92.2 cm³/mol. The van der Waals surface area contributed by atoms with Gasteiger partial charge in [-0.15, -0.1) is 11.3 Å². The molecular weight excluding hydrogens is 401 g/mol. The summed E-state index contributed by atoms with van der Waals surface area (Å²) >= 11 is 0.911. The summed E-state index contributed by atoms with van der Waals surface area (Å²) < 4.78 is 46.2. The molecule has 0 saturated carbocycles. The van der Waals surface area contributed by atoms with Crippen LogP contribution in [0, 0.1) is 5.92 Å². The Hall–Kier alpha value is -2.79. The van der Waals surface area contributed by atoms with Crippen LogP contribution in [0.4, 0.5) is 18.0 Å². The first-order valence-electron chi connectivity index (χ1n) is 7.91. The number of methoxy groups -OCH3 is 1. The van der Waals surface area contributed by atoms with Crippen molar-refractivity contribution < 1.29 is 37.7 Å². The SMILES string of the molecule is COc1cc([C@@H]2NC(=O)N[C@](O)(C(F)(F)F)[C@H]2C(=O)c2cccs2)ccc1O. The maximum atomic E-state index is 13.7. The van der Waals surface area contributed by atoms with Gasteiger partial charge in [-0.25, -0.2) is 4.79 Å². The van der Waals surface area contributed by atoms with Gasteiger partial charge in [-0.05, 0) is 29.1 Å². The summed E-state index contributed by atoms with van der Waals surface area (Å²) in [6, 6.07) is 3.56. The average molecular weight is 416 g/mol. The Kier molecular flexibility index (Phi) is 4.98. The zero-order chi connectivity index (χ0) is 20.7. The van der Waals surface area contributed by atoms with Gasteiger partial charge in [0.1, 0.15) is 5.92 Å². The number of phenolic OH excluding ortho intramolecular Hbond substituents is 1. The summed E-state index contributed by atoms with van der Waals surface area (Å²) in [6.07, 6.45) is -5.33. The number of hydrogen-bond acceptors (Lipinski definition) is 6. The molecule has 7 nitrogen and oxygen atoms in total. The standard InChI is InChI=1S/C17H15F3N2O5S/c1-27-10-7-8(4-5-9(10)23)13-12(14(24)11-3-2-6-28-11)16(26,17(18,19)20)22-15(25)21-13/h2-7,12-13,23,26H,1H3,(H2,21,22,25)/t12-,13+,16-/m1/s1. The number of benzene rings is 1. The smallest absolute Gasteiger partial charge is 0.437 e. The van der Waals surface area contributed by atoms with Crippen molar-refractivity contribution in [3.05, 3.63) is 46.2 Å². The molecule has 0 radical (unpaired) electrons. The molecule has 1 aliphatic heterocycles. The van der Waals surface area contributed by atoms with Crippen molar-refractivity contribution >= 4 is 23.2 Å². The second-order valence-electron chi connectivity index (χ2n) is 6.09. The van der Waals surface area contributed by atoms with Crippen LogP contribution in [-0.4, -0.2) is 41.0 Å². The Balaban J connectivity index is 2.17. The highest BCUT2D eigenvalue weighted by atomic mass is 32.1. The van der Waals surface area contributed by atoms with Crippen molar-refractivity contribution in [2.75, 3.05) is 7.11 Å². The molecule has 0 aliphatic carbocycles. The Morgan fingerprint density at radius 1 is 1.32 bits per heavy atom. The number of alkyl halides is 3. The fourth-order valence-corrected chi connectivity index (χ4v) is 3.78. The van der Waals surface area contributed by atoms with Crippen molar-refractivity contribution in [3.63, 3.8) is 0 Å². The Morgan fingerprint density at radius 3 is 2.61 bits per heavy atom. The summed E-state index contributed by atoms with van der Waals surface area (Å²) in [5.74, 6) is -3.47. The number of urea groups is 1. The number of phenols is 1. The van der Waals surface area contributed by atoms with Crippen LogP contribution in [0.25, 0.3) is 0 Å². The summed E-state index contributed by atoms with van der Waals surface area (Å²) in [4.78, 5) is 24.8. The van der Waals surface area contributed by atoms with E-state index in [1.165, 1.54) is 42.1 Å². The molecule has 0 unspecified atom stereocenters. The minimum Gasteiger partial charge on any atom is -0.504 e. The molecule has 3 rings (SSSR count). The summed E-state index contributed by atoms with van der Waals surface area (Å²) in [7, 11) is 1.24. The molecule has 1 aromatic carbocycles. The predicted octanol–water partition coefficient (Wildman–Crippen LogP) is 2.57. The number of aliphatic hydroxyl groups is 1. The van der Waals surface area contributed by atoms with Crippen molar-refractivity contribution in [2.45, 2.75) is 17.9 Å². The number of aromatic hydroxyl groups is 1. The normalized spacial score (nSPS) is 25.0. The van der Waals surface area contributed by atoms with Gasteiger partial charge in [0.2, 0.25) is 5.72 Å². The molecule has 4 N–H and O–H groups in total. The number of hydrogen-bond donors (Lipinski definition) is 4. The molecule has 1 aromatic heterocycles. The van der Waals surface area contributed by atoms with E-state index in [-0.39, 0.29) is 21.9 Å². The minimum absolute atomic E-state index is 0.0126. The summed E-state index contributed by atoms with van der Waals surface area (Å²) in [6.45, 7) is 0. The molecule has 150 valence electrons. The molecule has 11 heteroatoms. The van der Waals surface area contributed by atoms with E-state index in [2.05, 4.69) is 5.32 Å². The monoisotopic (exact) mass is 416 g/mol. The third kappa shape index (κ3) is 3.27. The Bertz CT molecular complexity index is 903. The Labute approximate surface area is 160 Å². The number of thiophene rings is 1. The lowest BCUT2D eigenvalue weighted by atomic mass is 9.78. The van der Waals surface area contributed by atoms with Gasteiger partial charge in [0.15, 0.2) is 17.3 Å². The highest BCUT2D eigenvalue weighted by molar-refractivity contribution is 7.12. The molecule has 0 bridgehead atoms. The van der Waals surface area contributed by atoms with E-state index < -0.39 is 35.7 Å². The molecule has 28 heavy (non-hydrogen) atoms. The van der Waals surface area contributed by atoms with Gasteiger partial charge in [0, 0.05) is 0 Å². The molecule has 2 aromatic rings. The van der Waals surface area contributed by atoms with Gasteiger partial charge in [-0.1, -0.05) is 12.1 Å². The van der Waals surface area contributed by atoms with Crippen molar-refractivity contribution in [3.8, 4) is 11.5 Å². The number of carbonyl (C=O) groups is 2. The zero-order valence-corrected chi connectivity index (χ0v) is 15.1. The first kappa shape index (κ1) is 20.0. The first-order chi connectivity index (χ1) is 13.1. The van der Waals surface area contributed by atoms with Crippen molar-refractivity contribution in [2.24, 2.45) is 5.92 Å². The lowest BCUT2D eigenvalue weighted by Gasteiger charge is -2.44. The molecule has 3 atom stereocenters. The van der Waals surface area contributed by atoms with Crippen LogP contribution in [0.3, 0.4) is 0 Å². The zero-order valence-electron chi connectivity index (χ0n) is 14.3. The van der Waals surface area contributed by atoms with Crippen LogP contribution in [0.5, 0.6) is 11.5 Å². The molecule has 1 aliphatic rings. The van der Waals surface area contributed by atoms with Gasteiger partial charge in [0.25, 0.3) is 0 Å². The number of amides is 2. The summed E-state index contributed by atoms with van der Waals surface area (Å²) in [5, 5.41) is 25.4. The van der Waals surface area contributed by atoms with Gasteiger partial charge in [-0.3, -0.25) is 4.79 Å². The maximum Gasteiger partial charge on any atom is 0.437 e. The molecule has 1 saturated heterocycles. The van der Waals surface area contributed by atoms with E-state index in [0.717, 1.165) is 17.4 Å². The van der Waals surface area contributed by atoms with E-state index in [4.69, 9.17) is 4.74 Å². The first-order valence-corrected chi connectivity index (χ1v) is 8.79. The van der Waals surface area contributed by atoms with Crippen molar-refractivity contribution in [1.29, 1.82) is 0 Å². The molecular formula is C17H15F3N2O5S. The van der Waals surface area contributed by atoms with Gasteiger partial charge >= 0.3 is 12.2 Å². The van der Waals surface area contributed by atoms with E-state index >= 15 is 0 Å². The number of ketones is 1. The maximum absolute atomic E-state index is 13.7. The number of halogens is 3. The fourth-order valence-electron chi connectivity index (χ4n) is 3.08. The highest BCUT2D eigenvalue weighted by Crippen LogP contribution is 2.45. The lowest BCUT2D eigenvalue weighted by Crippen LogP contribution is -2.72. The van der Waals surface area contributed by atoms with Crippen LogP contribution < -0.4 is 15.4 Å². The summed E-state index contributed by atoms with van der Waals surface area (Å²) in [5.41, 5.74) is -3.76. The second-order valence-corrected chi connectivity index (χ2v) is 7.04. The Morgan fingerprint density at radius 2 is 2.04 bits per heavy atom. The highest BCUT2D eigenvalue weighted by Gasteiger charge is 2.66. The number of rotatable bonds is 4. The van der Waals surface area contributed by atoms with Crippen LogP contribution in [0.15, 0.2) is 35.7 Å². The van der Waals surface area contributed by atoms with Crippen LogP contribution in [-0.2, 0) is 0 Å². The van der Waals surface area contributed by atoms with Gasteiger partial charge in [0.05, 0.1) is 18.0 Å². The van der Waals surface area contributed by atoms with Gasteiger partial charge < -0.3 is 25.6 Å². The largest absolute Gasteiger partial charge is 0.504 e. The quantitative estimate of drug-likeness (QED) is 0.573. The van der Waals surface area contributed by atoms with Crippen LogP contribution >= 0.6 is 11.3 Å². The van der Waals surface area contributed by atoms with Crippen LogP contribution in [0.2, 0.25) is 0 Å². The average Bonchev–Trinajstić information content (AvgIpc) is 3.15. The minimum atomic E-state index is -5.33. The third-order valence-electron chi connectivity index (χ3n) is 4.42. The van der Waals surface area contributed by atoms with E-state index in [1.807, 2.05) is 0 Å². The number of carbonyl (C=O) groups excluding carboxylic acids is 2. The van der Waals surface area contributed by atoms with E-state index in [9.17, 15) is 33.0 Å². The molecule has 1 fully saturated rings. The lowest BCUT2D eigenvalue weighted by molar-refractivity contribution is -0.287.